The van der Waals surface area contributed by atoms with Gasteiger partial charge in [-0.1, -0.05) is 18.2 Å². The van der Waals surface area contributed by atoms with Gasteiger partial charge in [-0.15, -0.1) is 0 Å². The van der Waals surface area contributed by atoms with Crippen molar-refractivity contribution in [1.29, 1.82) is 0 Å². The molecule has 96 valence electrons. The van der Waals surface area contributed by atoms with E-state index in [4.69, 9.17) is 0 Å². The molecule has 1 aromatic carbocycles. The van der Waals surface area contributed by atoms with Gasteiger partial charge in [0.1, 0.15) is 0 Å². The largest absolute Gasteiger partial charge is 0.310 e. The fourth-order valence-electron chi connectivity index (χ4n) is 1.84. The van der Waals surface area contributed by atoms with Gasteiger partial charge in [0, 0.05) is 6.04 Å². The Kier molecular flexibility index (Phi) is 6.68. The quantitative estimate of drug-likeness (QED) is 0.732. The third kappa shape index (κ3) is 5.13. The number of benzene rings is 1. The van der Waals surface area contributed by atoms with Crippen LogP contribution in [-0.2, 0) is 0 Å². The molecule has 1 aromatic rings. The standard InChI is InChI=1S/C15H25NS/c1-12-7-8-15(11-13(12)2)14(3)16-9-5-6-10-17-4/h7-8,11,14,16H,5-6,9-10H2,1-4H3. The van der Waals surface area contributed by atoms with Gasteiger partial charge in [-0.25, -0.2) is 0 Å². The normalized spacial score (nSPS) is 12.7. The first-order chi connectivity index (χ1) is 8.15. The van der Waals surface area contributed by atoms with Crippen molar-refractivity contribution in [2.45, 2.75) is 39.7 Å². The lowest BCUT2D eigenvalue weighted by Gasteiger charge is -2.15. The zero-order chi connectivity index (χ0) is 12.7. The van der Waals surface area contributed by atoms with Crippen molar-refractivity contribution in [3.8, 4) is 0 Å². The van der Waals surface area contributed by atoms with Gasteiger partial charge in [0.2, 0.25) is 0 Å². The summed E-state index contributed by atoms with van der Waals surface area (Å²) < 4.78 is 0. The van der Waals surface area contributed by atoms with E-state index in [1.165, 1.54) is 35.3 Å². The van der Waals surface area contributed by atoms with E-state index in [-0.39, 0.29) is 0 Å². The van der Waals surface area contributed by atoms with Crippen molar-refractivity contribution >= 4 is 11.8 Å². The molecule has 0 saturated carbocycles. The predicted octanol–water partition coefficient (Wildman–Crippen LogP) is 4.10. The summed E-state index contributed by atoms with van der Waals surface area (Å²) >= 11 is 1.93. The fraction of sp³-hybridized carbons (Fsp3) is 0.600. The maximum absolute atomic E-state index is 3.60. The van der Waals surface area contributed by atoms with Crippen LogP contribution in [0.1, 0.15) is 42.5 Å². The Bertz CT molecular complexity index is 336. The Morgan fingerprint density at radius 1 is 1.18 bits per heavy atom. The van der Waals surface area contributed by atoms with Gasteiger partial charge in [0.05, 0.1) is 0 Å². The molecule has 0 heterocycles. The summed E-state index contributed by atoms with van der Waals surface area (Å²) in [6.07, 6.45) is 4.76. The Morgan fingerprint density at radius 3 is 2.59 bits per heavy atom. The number of hydrogen-bond acceptors (Lipinski definition) is 2. The van der Waals surface area contributed by atoms with Crippen LogP contribution >= 0.6 is 11.8 Å². The average molecular weight is 251 g/mol. The molecule has 0 saturated heterocycles. The Morgan fingerprint density at radius 2 is 1.94 bits per heavy atom. The Labute approximate surface area is 110 Å². The number of rotatable bonds is 7. The summed E-state index contributed by atoms with van der Waals surface area (Å²) in [6.45, 7) is 7.72. The molecule has 0 aliphatic carbocycles. The van der Waals surface area contributed by atoms with Gasteiger partial charge in [-0.2, -0.15) is 11.8 Å². The van der Waals surface area contributed by atoms with E-state index < -0.39 is 0 Å². The molecular weight excluding hydrogens is 226 g/mol. The van der Waals surface area contributed by atoms with Crippen LogP contribution in [0.15, 0.2) is 18.2 Å². The lowest BCUT2D eigenvalue weighted by Crippen LogP contribution is -2.20. The van der Waals surface area contributed by atoms with Crippen molar-refractivity contribution in [1.82, 2.24) is 5.32 Å². The van der Waals surface area contributed by atoms with Crippen molar-refractivity contribution < 1.29 is 0 Å². The van der Waals surface area contributed by atoms with Crippen molar-refractivity contribution in [2.24, 2.45) is 0 Å². The number of hydrogen-bond donors (Lipinski definition) is 1. The topological polar surface area (TPSA) is 12.0 Å². The maximum atomic E-state index is 3.60. The van der Waals surface area contributed by atoms with Gasteiger partial charge >= 0.3 is 0 Å². The maximum Gasteiger partial charge on any atom is 0.0291 e. The molecule has 1 rings (SSSR count). The van der Waals surface area contributed by atoms with Crippen LogP contribution in [-0.4, -0.2) is 18.6 Å². The average Bonchev–Trinajstić information content (AvgIpc) is 2.32. The summed E-state index contributed by atoms with van der Waals surface area (Å²) in [5.74, 6) is 1.28. The minimum absolute atomic E-state index is 0.462. The van der Waals surface area contributed by atoms with Crippen LogP contribution < -0.4 is 5.32 Å². The molecule has 1 unspecified atom stereocenters. The van der Waals surface area contributed by atoms with Gasteiger partial charge in [0.15, 0.2) is 0 Å². The molecule has 1 N–H and O–H groups in total. The molecule has 1 nitrogen and oxygen atoms in total. The molecule has 0 fully saturated rings. The van der Waals surface area contributed by atoms with Crippen molar-refractivity contribution in [3.05, 3.63) is 34.9 Å². The molecule has 17 heavy (non-hydrogen) atoms. The molecule has 0 aliphatic rings. The minimum atomic E-state index is 0.462. The number of thioether (sulfide) groups is 1. The number of aryl methyl sites for hydroxylation is 2. The Hall–Kier alpha value is -0.470. The van der Waals surface area contributed by atoms with E-state index in [9.17, 15) is 0 Å². The van der Waals surface area contributed by atoms with Crippen molar-refractivity contribution in [2.75, 3.05) is 18.6 Å². The van der Waals surface area contributed by atoms with E-state index in [1.54, 1.807) is 0 Å². The van der Waals surface area contributed by atoms with Gasteiger partial charge in [-0.3, -0.25) is 0 Å². The van der Waals surface area contributed by atoms with Crippen LogP contribution in [0.3, 0.4) is 0 Å². The summed E-state index contributed by atoms with van der Waals surface area (Å²) in [7, 11) is 0. The smallest absolute Gasteiger partial charge is 0.0291 e. The Balaban J connectivity index is 2.36. The van der Waals surface area contributed by atoms with E-state index in [1.807, 2.05) is 11.8 Å². The second-order valence-electron chi connectivity index (χ2n) is 4.72. The molecule has 0 bridgehead atoms. The van der Waals surface area contributed by atoms with Crippen LogP contribution in [0.25, 0.3) is 0 Å². The van der Waals surface area contributed by atoms with Crippen LogP contribution in [0.5, 0.6) is 0 Å². The second kappa shape index (κ2) is 7.78. The van der Waals surface area contributed by atoms with E-state index in [0.29, 0.717) is 6.04 Å². The molecule has 1 atom stereocenters. The summed E-state index contributed by atoms with van der Waals surface area (Å²) in [5, 5.41) is 3.60. The molecule has 2 heteroatoms. The van der Waals surface area contributed by atoms with E-state index >= 15 is 0 Å². The van der Waals surface area contributed by atoms with Crippen LogP contribution in [0.4, 0.5) is 0 Å². The molecular formula is C15H25NS. The highest BCUT2D eigenvalue weighted by molar-refractivity contribution is 7.98. The lowest BCUT2D eigenvalue weighted by molar-refractivity contribution is 0.555. The summed E-state index contributed by atoms with van der Waals surface area (Å²) in [4.78, 5) is 0. The first kappa shape index (κ1) is 14.6. The minimum Gasteiger partial charge on any atom is -0.310 e. The first-order valence-electron chi connectivity index (χ1n) is 6.44. The zero-order valence-corrected chi connectivity index (χ0v) is 12.4. The monoisotopic (exact) mass is 251 g/mol. The third-order valence-corrected chi connectivity index (χ3v) is 3.95. The highest BCUT2D eigenvalue weighted by Gasteiger charge is 2.05. The fourth-order valence-corrected chi connectivity index (χ4v) is 2.33. The SMILES string of the molecule is CSCCCCNC(C)c1ccc(C)c(C)c1. The summed E-state index contributed by atoms with van der Waals surface area (Å²) in [6, 6.07) is 7.22. The molecule has 0 aliphatic heterocycles. The van der Waals surface area contributed by atoms with Crippen LogP contribution in [0.2, 0.25) is 0 Å². The van der Waals surface area contributed by atoms with Crippen LogP contribution in [0, 0.1) is 13.8 Å². The lowest BCUT2D eigenvalue weighted by atomic mass is 10.0. The zero-order valence-electron chi connectivity index (χ0n) is 11.5. The molecule has 0 spiro atoms. The first-order valence-corrected chi connectivity index (χ1v) is 7.84. The third-order valence-electron chi connectivity index (χ3n) is 3.26. The van der Waals surface area contributed by atoms with E-state index in [2.05, 4.69) is 50.5 Å². The summed E-state index contributed by atoms with van der Waals surface area (Å²) in [5.41, 5.74) is 4.16. The highest BCUT2D eigenvalue weighted by atomic mass is 32.2. The highest BCUT2D eigenvalue weighted by Crippen LogP contribution is 2.16. The molecule has 0 amide bonds. The predicted molar refractivity (Wildman–Crippen MR) is 79.9 cm³/mol. The molecule has 0 aromatic heterocycles. The number of nitrogens with one attached hydrogen (secondary N) is 1. The van der Waals surface area contributed by atoms with Crippen molar-refractivity contribution in [3.63, 3.8) is 0 Å². The van der Waals surface area contributed by atoms with Gasteiger partial charge in [0.25, 0.3) is 0 Å². The van der Waals surface area contributed by atoms with Gasteiger partial charge < -0.3 is 5.32 Å². The van der Waals surface area contributed by atoms with Gasteiger partial charge in [-0.05, 0) is 68.9 Å². The van der Waals surface area contributed by atoms with E-state index in [0.717, 1.165) is 6.54 Å². The number of unbranched alkanes of at least 4 members (excludes halogenated alkanes) is 1. The molecule has 0 radical (unpaired) electrons. The second-order valence-corrected chi connectivity index (χ2v) is 5.71.